The van der Waals surface area contributed by atoms with Crippen LogP contribution in [0.2, 0.25) is 0 Å². The van der Waals surface area contributed by atoms with Crippen LogP contribution in [0, 0.1) is 23.2 Å². The topological polar surface area (TPSA) is 94.8 Å². The lowest BCUT2D eigenvalue weighted by molar-refractivity contribution is -0.128. The van der Waals surface area contributed by atoms with E-state index in [1.165, 1.54) is 0 Å². The van der Waals surface area contributed by atoms with Crippen molar-refractivity contribution in [1.82, 2.24) is 0 Å². The molecule has 31 heavy (non-hydrogen) atoms. The van der Waals surface area contributed by atoms with E-state index in [1.807, 2.05) is 26.8 Å². The van der Waals surface area contributed by atoms with Crippen molar-refractivity contribution in [2.45, 2.75) is 79.8 Å². The second kappa shape index (κ2) is 8.78. The number of hydrogen-bond acceptors (Lipinski definition) is 5. The average Bonchev–Trinajstić information content (AvgIpc) is 2.96. The molecule has 0 amide bonds. The van der Waals surface area contributed by atoms with E-state index in [9.17, 15) is 24.9 Å². The van der Waals surface area contributed by atoms with Crippen molar-refractivity contribution in [2.24, 2.45) is 23.2 Å². The molecule has 0 aromatic rings. The molecule has 5 heteroatoms. The zero-order chi connectivity index (χ0) is 23.9. The SMILES string of the molecule is C=C(C)[C@@H]1CC[C@@](C)(O)[C@H]1CC1=C(O)C(C)(CC=C(C)C)C(=O)C(C(=O)C(C)C)=C1O. The van der Waals surface area contributed by atoms with Gasteiger partial charge in [-0.3, -0.25) is 9.59 Å². The number of aliphatic hydroxyl groups is 3. The molecular formula is C26H38O5. The standard InChI is InChI=1S/C26H38O5/c1-14(2)9-11-25(7)23(29)18(22(28)20(24(25)30)21(27)16(5)6)13-19-17(15(3)4)10-12-26(19,8)31/h9,16-17,19,28-29,31H,3,10-13H2,1-2,4-8H3/t17-,19-,25?,26+/m0/s1. The zero-order valence-electron chi connectivity index (χ0n) is 20.0. The van der Waals surface area contributed by atoms with Crippen LogP contribution in [0.15, 0.2) is 46.5 Å². The maximum atomic E-state index is 13.4. The second-order valence-corrected chi connectivity index (χ2v) is 10.4. The van der Waals surface area contributed by atoms with Crippen LogP contribution < -0.4 is 0 Å². The van der Waals surface area contributed by atoms with E-state index >= 15 is 0 Å². The highest BCUT2D eigenvalue weighted by Crippen LogP contribution is 2.50. The first-order valence-corrected chi connectivity index (χ1v) is 11.1. The summed E-state index contributed by atoms with van der Waals surface area (Å²) in [4.78, 5) is 26.3. The summed E-state index contributed by atoms with van der Waals surface area (Å²) < 4.78 is 0. The highest BCUT2D eigenvalue weighted by Gasteiger charge is 2.51. The lowest BCUT2D eigenvalue weighted by Crippen LogP contribution is -2.41. The van der Waals surface area contributed by atoms with Gasteiger partial charge in [-0.05, 0) is 72.1 Å². The van der Waals surface area contributed by atoms with E-state index in [4.69, 9.17) is 0 Å². The van der Waals surface area contributed by atoms with Crippen molar-refractivity contribution in [3.63, 3.8) is 0 Å². The Morgan fingerprint density at radius 3 is 2.29 bits per heavy atom. The Bertz CT molecular complexity index is 879. The van der Waals surface area contributed by atoms with Crippen molar-refractivity contribution < 1.29 is 24.9 Å². The van der Waals surface area contributed by atoms with Gasteiger partial charge in [0.2, 0.25) is 0 Å². The molecule has 0 bridgehead atoms. The molecule has 3 N–H and O–H groups in total. The van der Waals surface area contributed by atoms with Crippen molar-refractivity contribution in [3.8, 4) is 0 Å². The first-order chi connectivity index (χ1) is 14.1. The fourth-order valence-corrected chi connectivity index (χ4v) is 4.83. The van der Waals surface area contributed by atoms with Crippen LogP contribution in [0.1, 0.15) is 74.1 Å². The number of Topliss-reactive ketones (excluding diaryl/α,β-unsaturated/α-hetero) is 2. The largest absolute Gasteiger partial charge is 0.511 e. The van der Waals surface area contributed by atoms with Gasteiger partial charge in [0.1, 0.15) is 17.1 Å². The van der Waals surface area contributed by atoms with Crippen LogP contribution in [-0.2, 0) is 9.59 Å². The second-order valence-electron chi connectivity index (χ2n) is 10.4. The van der Waals surface area contributed by atoms with E-state index < -0.39 is 34.3 Å². The Labute approximate surface area is 186 Å². The monoisotopic (exact) mass is 430 g/mol. The Morgan fingerprint density at radius 1 is 1.23 bits per heavy atom. The molecule has 1 saturated carbocycles. The number of allylic oxidation sites excluding steroid dienone is 6. The maximum Gasteiger partial charge on any atom is 0.183 e. The molecule has 4 atom stereocenters. The zero-order valence-corrected chi connectivity index (χ0v) is 20.0. The number of carbonyl (C=O) groups excluding carboxylic acids is 2. The summed E-state index contributed by atoms with van der Waals surface area (Å²) in [7, 11) is 0. The molecule has 0 aliphatic heterocycles. The lowest BCUT2D eigenvalue weighted by Gasteiger charge is -2.37. The van der Waals surface area contributed by atoms with Crippen molar-refractivity contribution in [1.29, 1.82) is 0 Å². The first kappa shape index (κ1) is 25.1. The molecule has 0 heterocycles. The van der Waals surface area contributed by atoms with Gasteiger partial charge < -0.3 is 15.3 Å². The maximum absolute atomic E-state index is 13.4. The van der Waals surface area contributed by atoms with E-state index in [1.54, 1.807) is 27.7 Å². The minimum Gasteiger partial charge on any atom is -0.511 e. The highest BCUT2D eigenvalue weighted by molar-refractivity contribution is 6.24. The van der Waals surface area contributed by atoms with E-state index in [2.05, 4.69) is 6.58 Å². The van der Waals surface area contributed by atoms with Crippen molar-refractivity contribution in [3.05, 3.63) is 46.5 Å². The smallest absolute Gasteiger partial charge is 0.183 e. The fourth-order valence-electron chi connectivity index (χ4n) is 4.83. The molecule has 0 radical (unpaired) electrons. The number of carbonyl (C=O) groups is 2. The number of ketones is 2. The Balaban J connectivity index is 2.68. The first-order valence-electron chi connectivity index (χ1n) is 11.1. The van der Waals surface area contributed by atoms with Gasteiger partial charge in [-0.25, -0.2) is 0 Å². The average molecular weight is 431 g/mol. The molecule has 0 spiro atoms. The third-order valence-corrected chi connectivity index (χ3v) is 7.05. The van der Waals surface area contributed by atoms with E-state index in [-0.39, 0.29) is 41.6 Å². The third kappa shape index (κ3) is 4.57. The van der Waals surface area contributed by atoms with Crippen molar-refractivity contribution in [2.75, 3.05) is 0 Å². The molecule has 0 saturated heterocycles. The van der Waals surface area contributed by atoms with Gasteiger partial charge in [0.05, 0.1) is 11.0 Å². The van der Waals surface area contributed by atoms with E-state index in [0.717, 1.165) is 17.6 Å². The summed E-state index contributed by atoms with van der Waals surface area (Å²) in [5, 5.41) is 33.3. The molecule has 5 nitrogen and oxygen atoms in total. The van der Waals surface area contributed by atoms with Crippen LogP contribution in [0.3, 0.4) is 0 Å². The molecule has 1 fully saturated rings. The summed E-state index contributed by atoms with van der Waals surface area (Å²) in [5.74, 6) is -2.40. The summed E-state index contributed by atoms with van der Waals surface area (Å²) in [6.07, 6.45) is 3.58. The van der Waals surface area contributed by atoms with Gasteiger partial charge in [-0.2, -0.15) is 0 Å². The predicted octanol–water partition coefficient (Wildman–Crippen LogP) is 5.52. The molecule has 172 valence electrons. The van der Waals surface area contributed by atoms with Crippen LogP contribution in [0.5, 0.6) is 0 Å². The number of rotatable bonds is 7. The predicted molar refractivity (Wildman–Crippen MR) is 123 cm³/mol. The van der Waals surface area contributed by atoms with Gasteiger partial charge in [-0.1, -0.05) is 37.6 Å². The van der Waals surface area contributed by atoms with Crippen LogP contribution in [0.25, 0.3) is 0 Å². The molecule has 2 rings (SSSR count). The Morgan fingerprint density at radius 2 is 1.81 bits per heavy atom. The Kier molecular flexibility index (Phi) is 7.11. The Hall–Kier alpha value is -2.14. The summed E-state index contributed by atoms with van der Waals surface area (Å²) in [6, 6.07) is 0. The minimum absolute atomic E-state index is 0.0222. The molecule has 2 aliphatic carbocycles. The number of aliphatic hydroxyl groups excluding tert-OH is 2. The summed E-state index contributed by atoms with van der Waals surface area (Å²) in [5.41, 5.74) is -0.480. The van der Waals surface area contributed by atoms with Crippen molar-refractivity contribution >= 4 is 11.6 Å². The summed E-state index contributed by atoms with van der Waals surface area (Å²) in [6.45, 7) is 16.5. The normalized spacial score (nSPS) is 31.5. The van der Waals surface area contributed by atoms with Gasteiger partial charge >= 0.3 is 0 Å². The van der Waals surface area contributed by atoms with Crippen LogP contribution in [-0.4, -0.2) is 32.5 Å². The highest BCUT2D eigenvalue weighted by atomic mass is 16.3. The van der Waals surface area contributed by atoms with E-state index in [0.29, 0.717) is 6.42 Å². The minimum atomic E-state index is -1.35. The van der Waals surface area contributed by atoms with Gasteiger partial charge in [0.25, 0.3) is 0 Å². The van der Waals surface area contributed by atoms with Gasteiger partial charge in [-0.15, -0.1) is 0 Å². The molecular weight excluding hydrogens is 392 g/mol. The lowest BCUT2D eigenvalue weighted by atomic mass is 9.67. The summed E-state index contributed by atoms with van der Waals surface area (Å²) >= 11 is 0. The number of hydrogen-bond donors (Lipinski definition) is 3. The molecule has 0 aromatic carbocycles. The van der Waals surface area contributed by atoms with Crippen LogP contribution >= 0.6 is 0 Å². The van der Waals surface area contributed by atoms with Gasteiger partial charge in [0.15, 0.2) is 11.6 Å². The fraction of sp³-hybridized carbons (Fsp3) is 0.615. The van der Waals surface area contributed by atoms with Gasteiger partial charge in [0, 0.05) is 11.5 Å². The molecule has 2 aliphatic rings. The quantitative estimate of drug-likeness (QED) is 0.365. The molecule has 1 unspecified atom stereocenters. The third-order valence-electron chi connectivity index (χ3n) is 7.05. The molecule has 0 aromatic heterocycles. The van der Waals surface area contributed by atoms with Crippen LogP contribution in [0.4, 0.5) is 0 Å².